The third-order valence-corrected chi connectivity index (χ3v) is 5.84. The van der Waals surface area contributed by atoms with Gasteiger partial charge in [-0.1, -0.05) is 13.8 Å². The molecular formula is C20H27F2N3O2. The topological polar surface area (TPSA) is 61.4 Å². The summed E-state index contributed by atoms with van der Waals surface area (Å²) < 4.78 is 29.2. The molecule has 1 aromatic rings. The zero-order valence-electron chi connectivity index (χ0n) is 15.9. The molecule has 0 saturated carbocycles. The van der Waals surface area contributed by atoms with Crippen molar-refractivity contribution in [3.63, 3.8) is 0 Å². The van der Waals surface area contributed by atoms with Gasteiger partial charge in [-0.3, -0.25) is 14.9 Å². The van der Waals surface area contributed by atoms with Crippen LogP contribution in [-0.4, -0.2) is 38.0 Å². The smallest absolute Gasteiger partial charge is 0.234 e. The van der Waals surface area contributed by atoms with Gasteiger partial charge >= 0.3 is 0 Å². The maximum absolute atomic E-state index is 14.6. The highest BCUT2D eigenvalue weighted by atomic mass is 19.1. The van der Waals surface area contributed by atoms with Crippen molar-refractivity contribution in [2.45, 2.75) is 45.4 Å². The Morgan fingerprint density at radius 3 is 2.15 bits per heavy atom. The zero-order chi connectivity index (χ0) is 19.6. The molecule has 2 N–H and O–H groups in total. The first-order chi connectivity index (χ1) is 13.0. The van der Waals surface area contributed by atoms with Crippen LogP contribution in [0.5, 0.6) is 0 Å². The normalized spacial score (nSPS) is 24.0. The van der Waals surface area contributed by atoms with Crippen LogP contribution in [-0.2, 0) is 9.59 Å². The summed E-state index contributed by atoms with van der Waals surface area (Å²) in [7, 11) is 0. The number of halogens is 2. The Hall–Kier alpha value is -2.02. The van der Waals surface area contributed by atoms with Crippen molar-refractivity contribution in [1.82, 2.24) is 10.6 Å². The van der Waals surface area contributed by atoms with Crippen molar-refractivity contribution in [2.75, 3.05) is 31.1 Å². The minimum absolute atomic E-state index is 0.0965. The molecule has 0 aromatic heterocycles. The van der Waals surface area contributed by atoms with Gasteiger partial charge in [-0.05, 0) is 36.8 Å². The Kier molecular flexibility index (Phi) is 5.79. The number of rotatable bonds is 2. The number of carbonyl (C=O) groups is 2. The molecule has 3 heterocycles. The molecule has 27 heavy (non-hydrogen) atoms. The predicted octanol–water partition coefficient (Wildman–Crippen LogP) is 2.70. The lowest BCUT2D eigenvalue weighted by Crippen LogP contribution is -2.58. The number of piperidine rings is 2. The Labute approximate surface area is 158 Å². The minimum atomic E-state index is -0.947. The van der Waals surface area contributed by atoms with Crippen molar-refractivity contribution in [3.8, 4) is 0 Å². The van der Waals surface area contributed by atoms with E-state index in [1.54, 1.807) is 0 Å². The third-order valence-electron chi connectivity index (χ3n) is 5.84. The molecule has 1 unspecified atom stereocenters. The Bertz CT molecular complexity index is 701. The van der Waals surface area contributed by atoms with E-state index in [4.69, 9.17) is 0 Å². The van der Waals surface area contributed by atoms with Crippen LogP contribution in [0.3, 0.4) is 0 Å². The van der Waals surface area contributed by atoms with E-state index in [9.17, 15) is 18.4 Å². The second-order valence-electron chi connectivity index (χ2n) is 7.42. The molecule has 1 atom stereocenters. The highest BCUT2D eigenvalue weighted by Crippen LogP contribution is 2.38. The van der Waals surface area contributed by atoms with E-state index in [1.165, 1.54) is 12.1 Å². The van der Waals surface area contributed by atoms with E-state index in [2.05, 4.69) is 10.6 Å². The minimum Gasteiger partial charge on any atom is -0.371 e. The van der Waals surface area contributed by atoms with Crippen LogP contribution in [0.25, 0.3) is 0 Å². The van der Waals surface area contributed by atoms with Crippen molar-refractivity contribution in [2.24, 2.45) is 5.41 Å². The largest absolute Gasteiger partial charge is 0.371 e. The number of carbonyl (C=O) groups excluding carboxylic acids is 2. The number of anilines is 1. The molecular weight excluding hydrogens is 352 g/mol. The van der Waals surface area contributed by atoms with Crippen molar-refractivity contribution < 1.29 is 18.4 Å². The molecule has 3 saturated heterocycles. The van der Waals surface area contributed by atoms with Gasteiger partial charge in [-0.25, -0.2) is 8.78 Å². The van der Waals surface area contributed by atoms with E-state index in [0.29, 0.717) is 11.1 Å². The molecule has 2 amide bonds. The summed E-state index contributed by atoms with van der Waals surface area (Å²) in [5.41, 5.74) is 0.652. The summed E-state index contributed by atoms with van der Waals surface area (Å²) in [6.45, 7) is 7.60. The van der Waals surface area contributed by atoms with Crippen LogP contribution in [0.15, 0.2) is 12.1 Å². The van der Waals surface area contributed by atoms with Crippen LogP contribution in [0.4, 0.5) is 14.5 Å². The first kappa shape index (κ1) is 19.7. The Balaban J connectivity index is 0.00000102. The number of nitrogens with one attached hydrogen (secondary N) is 2. The van der Waals surface area contributed by atoms with Gasteiger partial charge in [0, 0.05) is 43.9 Å². The second-order valence-corrected chi connectivity index (χ2v) is 7.42. The van der Waals surface area contributed by atoms with E-state index >= 15 is 0 Å². The van der Waals surface area contributed by atoms with Crippen LogP contribution in [0, 0.1) is 17.0 Å². The summed E-state index contributed by atoms with van der Waals surface area (Å²) in [5, 5.41) is 5.45. The van der Waals surface area contributed by atoms with Gasteiger partial charge in [0.15, 0.2) is 0 Å². The van der Waals surface area contributed by atoms with E-state index in [0.717, 1.165) is 39.0 Å². The molecule has 3 aliphatic rings. The zero-order valence-corrected chi connectivity index (χ0v) is 15.9. The summed E-state index contributed by atoms with van der Waals surface area (Å²) in [5.74, 6) is -3.40. The monoisotopic (exact) mass is 379 g/mol. The van der Waals surface area contributed by atoms with Crippen LogP contribution < -0.4 is 15.5 Å². The van der Waals surface area contributed by atoms with E-state index in [-0.39, 0.29) is 18.4 Å². The number of imide groups is 1. The fraction of sp³-hybridized carbons (Fsp3) is 0.600. The summed E-state index contributed by atoms with van der Waals surface area (Å²) >= 11 is 0. The molecule has 4 rings (SSSR count). The SMILES string of the molecule is CC.O=C1CCC(c2c(F)cc(N3CCC4(CC3)CNC4)cc2F)C(=O)N1. The lowest BCUT2D eigenvalue weighted by molar-refractivity contribution is -0.134. The molecule has 7 heteroatoms. The number of hydrogen-bond acceptors (Lipinski definition) is 4. The van der Waals surface area contributed by atoms with Crippen LogP contribution in [0.1, 0.15) is 51.0 Å². The molecule has 1 spiro atoms. The van der Waals surface area contributed by atoms with Gasteiger partial charge in [0.05, 0.1) is 5.92 Å². The van der Waals surface area contributed by atoms with E-state index < -0.39 is 29.4 Å². The van der Waals surface area contributed by atoms with Gasteiger partial charge in [0.2, 0.25) is 11.8 Å². The Morgan fingerprint density at radius 2 is 1.67 bits per heavy atom. The quantitative estimate of drug-likeness (QED) is 0.776. The molecule has 0 radical (unpaired) electrons. The molecule has 148 valence electrons. The number of hydrogen-bond donors (Lipinski definition) is 2. The summed E-state index contributed by atoms with van der Waals surface area (Å²) in [6, 6.07) is 2.64. The first-order valence-electron chi connectivity index (χ1n) is 9.76. The second kappa shape index (κ2) is 7.92. The molecule has 0 aliphatic carbocycles. The molecule has 0 bridgehead atoms. The van der Waals surface area contributed by atoms with Gasteiger partial charge in [0.1, 0.15) is 11.6 Å². The molecule has 1 aromatic carbocycles. The summed E-state index contributed by atoms with van der Waals surface area (Å²) in [6.07, 6.45) is 2.26. The predicted molar refractivity (Wildman–Crippen MR) is 99.6 cm³/mol. The highest BCUT2D eigenvalue weighted by Gasteiger charge is 2.40. The average molecular weight is 379 g/mol. The highest BCUT2D eigenvalue weighted by molar-refractivity contribution is 6.01. The van der Waals surface area contributed by atoms with Crippen molar-refractivity contribution in [3.05, 3.63) is 29.3 Å². The lowest BCUT2D eigenvalue weighted by atomic mass is 9.73. The fourth-order valence-electron chi connectivity index (χ4n) is 4.13. The number of benzene rings is 1. The molecule has 5 nitrogen and oxygen atoms in total. The lowest BCUT2D eigenvalue weighted by Gasteiger charge is -2.49. The maximum Gasteiger partial charge on any atom is 0.234 e. The maximum atomic E-state index is 14.6. The van der Waals surface area contributed by atoms with Gasteiger partial charge in [0.25, 0.3) is 0 Å². The average Bonchev–Trinajstić information content (AvgIpc) is 2.63. The standard InChI is InChI=1S/C18H21F2N3O2.C2H6/c19-13-7-11(23-5-3-18(4-6-23)9-21-10-18)8-14(20)16(13)12-1-2-15(24)22-17(12)25;1-2/h7-8,12,21H,1-6,9-10H2,(H,22,24,25);1-2H3. The molecule has 3 fully saturated rings. The van der Waals surface area contributed by atoms with Crippen LogP contribution in [0.2, 0.25) is 0 Å². The van der Waals surface area contributed by atoms with E-state index in [1.807, 2.05) is 18.7 Å². The summed E-state index contributed by atoms with van der Waals surface area (Å²) in [4.78, 5) is 25.2. The van der Waals surface area contributed by atoms with Gasteiger partial charge in [-0.2, -0.15) is 0 Å². The Morgan fingerprint density at radius 1 is 1.07 bits per heavy atom. The number of amides is 2. The fourth-order valence-corrected chi connectivity index (χ4v) is 4.13. The molecule has 3 aliphatic heterocycles. The van der Waals surface area contributed by atoms with Crippen molar-refractivity contribution >= 4 is 17.5 Å². The first-order valence-corrected chi connectivity index (χ1v) is 9.76. The van der Waals surface area contributed by atoms with Gasteiger partial charge in [-0.15, -0.1) is 0 Å². The number of nitrogens with zero attached hydrogens (tertiary/aromatic N) is 1. The van der Waals surface area contributed by atoms with Gasteiger partial charge < -0.3 is 10.2 Å². The third kappa shape index (κ3) is 3.83. The van der Waals surface area contributed by atoms with Crippen LogP contribution >= 0.6 is 0 Å². The van der Waals surface area contributed by atoms with Crippen molar-refractivity contribution in [1.29, 1.82) is 0 Å².